The molecule has 2 saturated heterocycles. The van der Waals surface area contributed by atoms with Crippen molar-refractivity contribution < 1.29 is 24.6 Å². The van der Waals surface area contributed by atoms with Crippen LogP contribution in [0.4, 0.5) is 5.82 Å². The first kappa shape index (κ1) is 16.2. The number of aromatic carboxylic acids is 1. The van der Waals surface area contributed by atoms with Crippen molar-refractivity contribution >= 4 is 23.7 Å². The molecule has 2 aliphatic rings. The van der Waals surface area contributed by atoms with Crippen molar-refractivity contribution in [2.45, 2.75) is 24.8 Å². The number of carboxylic acid groups (broad SMARTS) is 2. The van der Waals surface area contributed by atoms with Gasteiger partial charge in [0.15, 0.2) is 5.69 Å². The van der Waals surface area contributed by atoms with Gasteiger partial charge in [-0.2, -0.15) is 0 Å². The lowest BCUT2D eigenvalue weighted by atomic mass is 9.77. The SMILES string of the molecule is CN1C(=O)C[C@H](C(=O)O)C12CCN(c1cc(C(=O)O)ncn1)CC2. The number of piperidine rings is 1. The Morgan fingerprint density at radius 1 is 1.25 bits per heavy atom. The quantitative estimate of drug-likeness (QED) is 0.796. The Hall–Kier alpha value is -2.71. The van der Waals surface area contributed by atoms with E-state index in [-0.39, 0.29) is 18.0 Å². The Kier molecular flexibility index (Phi) is 3.86. The van der Waals surface area contributed by atoms with E-state index >= 15 is 0 Å². The third-order valence-electron chi connectivity index (χ3n) is 5.19. The Bertz CT molecular complexity index is 699. The second-order valence-corrected chi connectivity index (χ2v) is 6.20. The summed E-state index contributed by atoms with van der Waals surface area (Å²) in [5.74, 6) is -2.44. The molecule has 24 heavy (non-hydrogen) atoms. The van der Waals surface area contributed by atoms with Crippen LogP contribution in [0.1, 0.15) is 29.8 Å². The molecule has 9 nitrogen and oxygen atoms in total. The number of hydrogen-bond donors (Lipinski definition) is 2. The van der Waals surface area contributed by atoms with E-state index < -0.39 is 23.4 Å². The standard InChI is InChI=1S/C15H18N4O5/c1-18-12(20)6-9(13(21)22)15(18)2-4-19(5-3-15)11-7-10(14(23)24)16-8-17-11/h7-9H,2-6H2,1H3,(H,21,22)(H,23,24)/t9-/m1/s1. The van der Waals surface area contributed by atoms with Gasteiger partial charge in [-0.05, 0) is 12.8 Å². The number of nitrogens with zero attached hydrogens (tertiary/aromatic N) is 4. The molecule has 0 radical (unpaired) electrons. The molecule has 0 bridgehead atoms. The molecule has 0 unspecified atom stereocenters. The van der Waals surface area contributed by atoms with Crippen LogP contribution in [0, 0.1) is 5.92 Å². The smallest absolute Gasteiger partial charge is 0.354 e. The molecule has 0 aliphatic carbocycles. The number of aliphatic carboxylic acids is 1. The van der Waals surface area contributed by atoms with Crippen molar-refractivity contribution in [3.05, 3.63) is 18.1 Å². The normalized spacial score (nSPS) is 22.9. The van der Waals surface area contributed by atoms with E-state index in [1.54, 1.807) is 11.9 Å². The zero-order valence-electron chi connectivity index (χ0n) is 13.2. The number of carbonyl (C=O) groups is 3. The molecule has 1 aromatic heterocycles. The number of carboxylic acids is 2. The van der Waals surface area contributed by atoms with Gasteiger partial charge in [-0.1, -0.05) is 0 Å². The lowest BCUT2D eigenvalue weighted by Gasteiger charge is -2.45. The van der Waals surface area contributed by atoms with E-state index in [4.69, 9.17) is 5.11 Å². The third kappa shape index (κ3) is 2.45. The molecule has 2 fully saturated rings. The van der Waals surface area contributed by atoms with Gasteiger partial charge in [0.25, 0.3) is 0 Å². The number of aromatic nitrogens is 2. The molecule has 0 saturated carbocycles. The highest BCUT2D eigenvalue weighted by Crippen LogP contribution is 2.43. The number of likely N-dealkylation sites (tertiary alicyclic amines) is 1. The van der Waals surface area contributed by atoms with Crippen molar-refractivity contribution in [1.29, 1.82) is 0 Å². The fourth-order valence-electron chi connectivity index (χ4n) is 3.74. The molecular formula is C15H18N4O5. The van der Waals surface area contributed by atoms with Crippen LogP contribution in [-0.2, 0) is 9.59 Å². The van der Waals surface area contributed by atoms with E-state index in [1.807, 2.05) is 4.90 Å². The zero-order valence-corrected chi connectivity index (χ0v) is 13.2. The van der Waals surface area contributed by atoms with E-state index in [0.717, 1.165) is 0 Å². The van der Waals surface area contributed by atoms with Gasteiger partial charge in [-0.25, -0.2) is 14.8 Å². The van der Waals surface area contributed by atoms with Gasteiger partial charge in [0, 0.05) is 32.6 Å². The number of hydrogen-bond acceptors (Lipinski definition) is 6. The second-order valence-electron chi connectivity index (χ2n) is 6.20. The molecule has 3 heterocycles. The maximum absolute atomic E-state index is 12.0. The lowest BCUT2D eigenvalue weighted by Crippen LogP contribution is -2.56. The largest absolute Gasteiger partial charge is 0.481 e. The van der Waals surface area contributed by atoms with Gasteiger partial charge >= 0.3 is 11.9 Å². The van der Waals surface area contributed by atoms with Crippen LogP contribution in [0.3, 0.4) is 0 Å². The molecule has 2 N–H and O–H groups in total. The first-order valence-electron chi connectivity index (χ1n) is 7.65. The molecule has 3 rings (SSSR count). The molecule has 1 amide bonds. The average molecular weight is 334 g/mol. The van der Waals surface area contributed by atoms with E-state index in [0.29, 0.717) is 31.7 Å². The van der Waals surface area contributed by atoms with Crippen LogP contribution in [0.5, 0.6) is 0 Å². The first-order valence-corrected chi connectivity index (χ1v) is 7.65. The fourth-order valence-corrected chi connectivity index (χ4v) is 3.74. The topological polar surface area (TPSA) is 124 Å². The summed E-state index contributed by atoms with van der Waals surface area (Å²) in [6, 6.07) is 1.40. The Morgan fingerprint density at radius 3 is 2.50 bits per heavy atom. The minimum Gasteiger partial charge on any atom is -0.481 e. The highest BCUT2D eigenvalue weighted by atomic mass is 16.4. The summed E-state index contributed by atoms with van der Waals surface area (Å²) in [7, 11) is 1.66. The Morgan fingerprint density at radius 2 is 1.92 bits per heavy atom. The van der Waals surface area contributed by atoms with E-state index in [2.05, 4.69) is 9.97 Å². The second kappa shape index (κ2) is 5.73. The Balaban J connectivity index is 1.80. The molecule has 1 atom stereocenters. The van der Waals surface area contributed by atoms with Gasteiger partial charge in [0.1, 0.15) is 12.1 Å². The monoisotopic (exact) mass is 334 g/mol. The number of anilines is 1. The Labute approximate surface area is 137 Å². The van der Waals surface area contributed by atoms with Crippen LogP contribution in [0.2, 0.25) is 0 Å². The van der Waals surface area contributed by atoms with Crippen molar-refractivity contribution in [1.82, 2.24) is 14.9 Å². The highest BCUT2D eigenvalue weighted by Gasteiger charge is 2.55. The van der Waals surface area contributed by atoms with Gasteiger partial charge < -0.3 is 20.0 Å². The molecule has 2 aliphatic heterocycles. The van der Waals surface area contributed by atoms with Crippen molar-refractivity contribution in [2.75, 3.05) is 25.0 Å². The van der Waals surface area contributed by atoms with Gasteiger partial charge in [-0.15, -0.1) is 0 Å². The average Bonchev–Trinajstić information content (AvgIpc) is 2.81. The predicted molar refractivity (Wildman–Crippen MR) is 81.7 cm³/mol. The number of rotatable bonds is 3. The maximum atomic E-state index is 12.0. The van der Waals surface area contributed by atoms with E-state index in [9.17, 15) is 19.5 Å². The summed E-state index contributed by atoms with van der Waals surface area (Å²) < 4.78 is 0. The first-order chi connectivity index (χ1) is 11.3. The van der Waals surface area contributed by atoms with Crippen LogP contribution in [0.25, 0.3) is 0 Å². The fraction of sp³-hybridized carbons (Fsp3) is 0.533. The summed E-state index contributed by atoms with van der Waals surface area (Å²) in [5, 5.41) is 18.5. The summed E-state index contributed by atoms with van der Waals surface area (Å²) in [6.07, 6.45) is 2.23. The van der Waals surface area contributed by atoms with Gasteiger partial charge in [0.2, 0.25) is 5.91 Å². The molecule has 1 spiro atoms. The molecule has 0 aromatic carbocycles. The summed E-state index contributed by atoms with van der Waals surface area (Å²) >= 11 is 0. The number of amides is 1. The van der Waals surface area contributed by atoms with E-state index in [1.165, 1.54) is 12.4 Å². The van der Waals surface area contributed by atoms with Crippen molar-refractivity contribution in [3.8, 4) is 0 Å². The van der Waals surface area contributed by atoms with Crippen molar-refractivity contribution in [2.24, 2.45) is 5.92 Å². The van der Waals surface area contributed by atoms with Gasteiger partial charge in [0.05, 0.1) is 11.5 Å². The van der Waals surface area contributed by atoms with Gasteiger partial charge in [-0.3, -0.25) is 9.59 Å². The zero-order chi connectivity index (χ0) is 17.5. The number of carbonyl (C=O) groups excluding carboxylic acids is 1. The van der Waals surface area contributed by atoms with Crippen LogP contribution in [0.15, 0.2) is 12.4 Å². The molecule has 9 heteroatoms. The summed E-state index contributed by atoms with van der Waals surface area (Å²) in [5.41, 5.74) is -0.765. The molecular weight excluding hydrogens is 316 g/mol. The van der Waals surface area contributed by atoms with Crippen LogP contribution < -0.4 is 4.90 Å². The maximum Gasteiger partial charge on any atom is 0.354 e. The lowest BCUT2D eigenvalue weighted by molar-refractivity contribution is -0.145. The third-order valence-corrected chi connectivity index (χ3v) is 5.19. The van der Waals surface area contributed by atoms with Crippen LogP contribution >= 0.6 is 0 Å². The summed E-state index contributed by atoms with van der Waals surface area (Å²) in [6.45, 7) is 0.995. The minimum absolute atomic E-state index is 0.0303. The molecule has 1 aromatic rings. The minimum atomic E-state index is -1.13. The van der Waals surface area contributed by atoms with Crippen LogP contribution in [-0.4, -0.2) is 68.6 Å². The van der Waals surface area contributed by atoms with Crippen molar-refractivity contribution in [3.63, 3.8) is 0 Å². The molecule has 128 valence electrons. The highest BCUT2D eigenvalue weighted by molar-refractivity contribution is 5.88. The predicted octanol–water partition coefficient (Wildman–Crippen LogP) is 0.0767. The summed E-state index contributed by atoms with van der Waals surface area (Å²) in [4.78, 5) is 45.8.